The molecule has 170 valence electrons. The van der Waals surface area contributed by atoms with E-state index in [2.05, 4.69) is 25.0 Å². The molecule has 3 aromatic heterocycles. The van der Waals surface area contributed by atoms with Crippen LogP contribution in [0, 0.1) is 20.8 Å². The summed E-state index contributed by atoms with van der Waals surface area (Å²) in [5.41, 5.74) is 2.42. The molecule has 1 aliphatic rings. The second kappa shape index (κ2) is 8.20. The van der Waals surface area contributed by atoms with Gasteiger partial charge < -0.3 is 4.90 Å². The SMILES string of the molecule is Cc1cc(C)n(-c2cc(N3CCN(S(=O)(=O)c4cccc5cccnc45)CC3)nc(C)n2)n1. The van der Waals surface area contributed by atoms with E-state index in [1.54, 1.807) is 18.3 Å². The molecule has 1 saturated heterocycles. The van der Waals surface area contributed by atoms with E-state index in [1.165, 1.54) is 4.31 Å². The largest absolute Gasteiger partial charge is 0.354 e. The average molecular weight is 464 g/mol. The van der Waals surface area contributed by atoms with Gasteiger partial charge in [0.2, 0.25) is 10.0 Å². The molecule has 0 saturated carbocycles. The first-order chi connectivity index (χ1) is 15.8. The number of anilines is 1. The molecular formula is C23H25N7O2S. The maximum atomic E-state index is 13.4. The fourth-order valence-corrected chi connectivity index (χ4v) is 5.84. The lowest BCUT2D eigenvalue weighted by atomic mass is 10.2. The van der Waals surface area contributed by atoms with Gasteiger partial charge in [-0.1, -0.05) is 18.2 Å². The Morgan fingerprint density at radius 1 is 0.879 bits per heavy atom. The number of aromatic nitrogens is 5. The summed E-state index contributed by atoms with van der Waals surface area (Å²) >= 11 is 0. The van der Waals surface area contributed by atoms with Crippen LogP contribution < -0.4 is 4.90 Å². The Balaban J connectivity index is 1.39. The summed E-state index contributed by atoms with van der Waals surface area (Å²) in [6, 6.07) is 12.9. The molecule has 0 aliphatic carbocycles. The van der Waals surface area contributed by atoms with Gasteiger partial charge in [0.1, 0.15) is 16.5 Å². The van der Waals surface area contributed by atoms with Gasteiger partial charge in [-0.25, -0.2) is 23.1 Å². The Morgan fingerprint density at radius 2 is 1.61 bits per heavy atom. The van der Waals surface area contributed by atoms with Crippen molar-refractivity contribution in [1.29, 1.82) is 0 Å². The standard InChI is InChI=1S/C23H25N7O2S/c1-16-14-17(2)30(27-16)22-15-21(25-18(3)26-22)28-10-12-29(13-11-28)33(31,32)20-8-4-6-19-7-5-9-24-23(19)20/h4-9,14-15H,10-13H2,1-3H3. The van der Waals surface area contributed by atoms with E-state index >= 15 is 0 Å². The van der Waals surface area contributed by atoms with Crippen molar-refractivity contribution in [3.8, 4) is 5.82 Å². The molecule has 1 aliphatic heterocycles. The number of rotatable bonds is 4. The van der Waals surface area contributed by atoms with Crippen LogP contribution in [0.1, 0.15) is 17.2 Å². The first-order valence-electron chi connectivity index (χ1n) is 10.8. The summed E-state index contributed by atoms with van der Waals surface area (Å²) in [7, 11) is -3.66. The second-order valence-electron chi connectivity index (χ2n) is 8.19. The molecule has 9 nitrogen and oxygen atoms in total. The zero-order valence-corrected chi connectivity index (χ0v) is 19.6. The Kier molecular flexibility index (Phi) is 5.34. The molecule has 10 heteroatoms. The molecule has 4 aromatic rings. The van der Waals surface area contributed by atoms with Crippen molar-refractivity contribution in [2.45, 2.75) is 25.7 Å². The number of fused-ring (bicyclic) bond motifs is 1. The van der Waals surface area contributed by atoms with Crippen molar-refractivity contribution in [2.24, 2.45) is 0 Å². The van der Waals surface area contributed by atoms with Gasteiger partial charge in [0.05, 0.1) is 11.2 Å². The van der Waals surface area contributed by atoms with Gasteiger partial charge in [0.15, 0.2) is 5.82 Å². The van der Waals surface area contributed by atoms with Crippen molar-refractivity contribution < 1.29 is 8.42 Å². The Hall–Kier alpha value is -3.37. The van der Waals surface area contributed by atoms with Crippen LogP contribution in [0.5, 0.6) is 0 Å². The van der Waals surface area contributed by atoms with E-state index in [-0.39, 0.29) is 4.90 Å². The lowest BCUT2D eigenvalue weighted by molar-refractivity contribution is 0.384. The van der Waals surface area contributed by atoms with Crippen molar-refractivity contribution in [3.63, 3.8) is 0 Å². The fourth-order valence-electron chi connectivity index (χ4n) is 4.25. The molecule has 0 N–H and O–H groups in total. The second-order valence-corrected chi connectivity index (χ2v) is 10.1. The molecule has 33 heavy (non-hydrogen) atoms. The molecule has 5 rings (SSSR count). The summed E-state index contributed by atoms with van der Waals surface area (Å²) < 4.78 is 30.2. The number of nitrogens with zero attached hydrogens (tertiary/aromatic N) is 7. The zero-order chi connectivity index (χ0) is 23.2. The number of hydrogen-bond acceptors (Lipinski definition) is 7. The maximum absolute atomic E-state index is 13.4. The van der Waals surface area contributed by atoms with Crippen molar-refractivity contribution in [3.05, 3.63) is 65.9 Å². The van der Waals surface area contributed by atoms with E-state index in [0.717, 1.165) is 22.6 Å². The molecule has 0 unspecified atom stereocenters. The number of piperazine rings is 1. The van der Waals surface area contributed by atoms with E-state index in [9.17, 15) is 8.42 Å². The predicted octanol–water partition coefficient (Wildman–Crippen LogP) is 2.65. The number of sulfonamides is 1. The van der Waals surface area contributed by atoms with Gasteiger partial charge in [-0.3, -0.25) is 4.98 Å². The molecule has 0 amide bonds. The Labute approximate surface area is 192 Å². The average Bonchev–Trinajstić information content (AvgIpc) is 3.16. The normalized spacial score (nSPS) is 15.3. The van der Waals surface area contributed by atoms with Crippen LogP contribution in [-0.4, -0.2) is 63.6 Å². The number of pyridine rings is 1. The van der Waals surface area contributed by atoms with Gasteiger partial charge in [0, 0.05) is 49.5 Å². The van der Waals surface area contributed by atoms with Crippen molar-refractivity contribution >= 4 is 26.7 Å². The minimum Gasteiger partial charge on any atom is -0.354 e. The zero-order valence-electron chi connectivity index (χ0n) is 18.8. The highest BCUT2D eigenvalue weighted by Gasteiger charge is 2.30. The summed E-state index contributed by atoms with van der Waals surface area (Å²) in [4.78, 5) is 15.8. The van der Waals surface area contributed by atoms with Gasteiger partial charge in [-0.15, -0.1) is 0 Å². The predicted molar refractivity (Wildman–Crippen MR) is 126 cm³/mol. The van der Waals surface area contributed by atoms with Crippen molar-refractivity contribution in [1.82, 2.24) is 29.0 Å². The quantitative estimate of drug-likeness (QED) is 0.459. The van der Waals surface area contributed by atoms with Gasteiger partial charge in [-0.2, -0.15) is 9.40 Å². The summed E-state index contributed by atoms with van der Waals surface area (Å²) in [6.45, 7) is 7.59. The number of aryl methyl sites for hydroxylation is 3. The Bertz CT molecular complexity index is 1440. The topological polar surface area (TPSA) is 97.1 Å². The van der Waals surface area contributed by atoms with Crippen LogP contribution in [0.4, 0.5) is 5.82 Å². The summed E-state index contributed by atoms with van der Waals surface area (Å²) in [5.74, 6) is 2.13. The highest BCUT2D eigenvalue weighted by Crippen LogP contribution is 2.26. The minimum atomic E-state index is -3.66. The third kappa shape index (κ3) is 3.96. The van der Waals surface area contributed by atoms with Crippen LogP contribution >= 0.6 is 0 Å². The summed E-state index contributed by atoms with van der Waals surface area (Å²) in [5, 5.41) is 5.34. The smallest absolute Gasteiger partial charge is 0.245 e. The van der Waals surface area contributed by atoms with Gasteiger partial charge >= 0.3 is 0 Å². The van der Waals surface area contributed by atoms with Crippen LogP contribution in [-0.2, 0) is 10.0 Å². The number of para-hydroxylation sites is 1. The first kappa shape index (κ1) is 21.5. The minimum absolute atomic E-state index is 0.249. The van der Waals surface area contributed by atoms with Crippen LogP contribution in [0.15, 0.2) is 53.6 Å². The van der Waals surface area contributed by atoms with E-state index < -0.39 is 10.0 Å². The molecule has 4 heterocycles. The van der Waals surface area contributed by atoms with E-state index in [1.807, 2.05) is 55.8 Å². The summed E-state index contributed by atoms with van der Waals surface area (Å²) in [6.07, 6.45) is 1.62. The number of hydrogen-bond donors (Lipinski definition) is 0. The third-order valence-corrected chi connectivity index (χ3v) is 7.74. The highest BCUT2D eigenvalue weighted by molar-refractivity contribution is 7.89. The molecule has 0 bridgehead atoms. The van der Waals surface area contributed by atoms with Gasteiger partial charge in [-0.05, 0) is 39.0 Å². The van der Waals surface area contributed by atoms with Crippen LogP contribution in [0.25, 0.3) is 16.7 Å². The molecule has 0 radical (unpaired) electrons. The molecule has 1 fully saturated rings. The van der Waals surface area contributed by atoms with E-state index in [4.69, 9.17) is 0 Å². The Morgan fingerprint density at radius 3 is 2.33 bits per heavy atom. The maximum Gasteiger partial charge on any atom is 0.245 e. The van der Waals surface area contributed by atoms with E-state index in [0.29, 0.717) is 43.3 Å². The van der Waals surface area contributed by atoms with Gasteiger partial charge in [0.25, 0.3) is 0 Å². The molecule has 0 atom stereocenters. The third-order valence-electron chi connectivity index (χ3n) is 5.81. The molecule has 1 aromatic carbocycles. The van der Waals surface area contributed by atoms with Crippen LogP contribution in [0.3, 0.4) is 0 Å². The monoisotopic (exact) mass is 463 g/mol. The lowest BCUT2D eigenvalue weighted by Crippen LogP contribution is -2.49. The highest BCUT2D eigenvalue weighted by atomic mass is 32.2. The lowest BCUT2D eigenvalue weighted by Gasteiger charge is -2.35. The van der Waals surface area contributed by atoms with Crippen LogP contribution in [0.2, 0.25) is 0 Å². The molecule has 0 spiro atoms. The first-order valence-corrected chi connectivity index (χ1v) is 12.2. The van der Waals surface area contributed by atoms with Crippen molar-refractivity contribution in [2.75, 3.05) is 31.1 Å². The fraction of sp³-hybridized carbons (Fsp3) is 0.304. The number of benzene rings is 1. The molecular weight excluding hydrogens is 438 g/mol.